The summed E-state index contributed by atoms with van der Waals surface area (Å²) in [5, 5.41) is 18.7. The van der Waals surface area contributed by atoms with Crippen LogP contribution in [0.25, 0.3) is 11.0 Å². The zero-order valence-corrected chi connectivity index (χ0v) is 19.3. The summed E-state index contributed by atoms with van der Waals surface area (Å²) in [5.74, 6) is -1.75. The molecule has 0 spiro atoms. The summed E-state index contributed by atoms with van der Waals surface area (Å²) < 4.78 is 11.2. The topological polar surface area (TPSA) is 148 Å². The van der Waals surface area contributed by atoms with Crippen molar-refractivity contribution >= 4 is 57.0 Å². The van der Waals surface area contributed by atoms with E-state index in [0.717, 1.165) is 6.07 Å². The summed E-state index contributed by atoms with van der Waals surface area (Å²) in [4.78, 5) is 53.3. The van der Waals surface area contributed by atoms with Crippen molar-refractivity contribution in [1.82, 2.24) is 9.55 Å². The molecule has 0 aliphatic carbocycles. The Morgan fingerprint density at radius 2 is 1.45 bits per heavy atom. The van der Waals surface area contributed by atoms with E-state index in [1.165, 1.54) is 6.07 Å². The fourth-order valence-electron chi connectivity index (χ4n) is 2.48. The van der Waals surface area contributed by atoms with Gasteiger partial charge in [0.2, 0.25) is 0 Å². The van der Waals surface area contributed by atoms with Crippen molar-refractivity contribution in [3.63, 3.8) is 0 Å². The molecule has 2 aromatic rings. The number of fused-ring (bicyclic) bond motifs is 1. The molecule has 168 valence electrons. The van der Waals surface area contributed by atoms with Crippen molar-refractivity contribution in [3.05, 3.63) is 22.3 Å². The zero-order valence-electron chi connectivity index (χ0n) is 17.7. The van der Waals surface area contributed by atoms with Gasteiger partial charge in [-0.15, -0.1) is 0 Å². The normalized spacial score (nSPS) is 11.8. The number of aromatic nitrogens is 2. The van der Waals surface area contributed by atoms with Crippen molar-refractivity contribution < 1.29 is 38.9 Å². The van der Waals surface area contributed by atoms with Gasteiger partial charge in [0.15, 0.2) is 5.82 Å². The Bertz CT molecular complexity index is 1050. The lowest BCUT2D eigenvalue weighted by atomic mass is 10.2. The first-order valence-electron chi connectivity index (χ1n) is 8.96. The number of hydrogen-bond acceptors (Lipinski definition) is 7. The van der Waals surface area contributed by atoms with Gasteiger partial charge in [-0.05, 0) is 69.6 Å². The largest absolute Gasteiger partial charge is 0.477 e. The highest BCUT2D eigenvalue weighted by Crippen LogP contribution is 2.32. The van der Waals surface area contributed by atoms with E-state index in [0.29, 0.717) is 9.47 Å². The number of nitrogens with zero attached hydrogens (tertiary/aromatic N) is 3. The number of carbonyl (C=O) groups is 4. The fourth-order valence-corrected chi connectivity index (χ4v) is 2.96. The number of carboxylic acids is 1. The van der Waals surface area contributed by atoms with Crippen LogP contribution in [0.4, 0.5) is 20.2 Å². The van der Waals surface area contributed by atoms with Crippen LogP contribution < -0.4 is 4.90 Å². The molecule has 12 heteroatoms. The number of pyridine rings is 1. The molecular weight excluding hydrogens is 478 g/mol. The number of ether oxygens (including phenoxy) is 2. The Balaban J connectivity index is 2.72. The Kier molecular flexibility index (Phi) is 6.36. The Labute approximate surface area is 185 Å². The zero-order chi connectivity index (χ0) is 23.9. The highest BCUT2D eigenvalue weighted by atomic mass is 79.9. The number of imide groups is 1. The number of amides is 2. The highest BCUT2D eigenvalue weighted by Gasteiger charge is 2.35. The summed E-state index contributed by atoms with van der Waals surface area (Å²) in [5.41, 5.74) is -2.59. The van der Waals surface area contributed by atoms with Crippen molar-refractivity contribution in [2.75, 3.05) is 4.90 Å². The van der Waals surface area contributed by atoms with Gasteiger partial charge in [0.25, 0.3) is 0 Å². The molecule has 0 saturated heterocycles. The minimum Gasteiger partial charge on any atom is -0.477 e. The molecule has 2 heterocycles. The van der Waals surface area contributed by atoms with Gasteiger partial charge in [-0.2, -0.15) is 4.90 Å². The Morgan fingerprint density at radius 1 is 0.968 bits per heavy atom. The van der Waals surface area contributed by atoms with Crippen LogP contribution >= 0.6 is 15.9 Å². The van der Waals surface area contributed by atoms with Crippen LogP contribution in [-0.4, -0.2) is 55.2 Å². The lowest BCUT2D eigenvalue weighted by molar-refractivity contribution is 0.0428. The van der Waals surface area contributed by atoms with Gasteiger partial charge in [0, 0.05) is 0 Å². The van der Waals surface area contributed by atoms with Gasteiger partial charge >= 0.3 is 24.2 Å². The smallest absolute Gasteiger partial charge is 0.425 e. The predicted octanol–water partition coefficient (Wildman–Crippen LogP) is 4.70. The molecule has 0 aliphatic rings. The lowest BCUT2D eigenvalue weighted by Gasteiger charge is -2.28. The van der Waals surface area contributed by atoms with Crippen LogP contribution in [0.15, 0.2) is 16.6 Å². The second-order valence-electron chi connectivity index (χ2n) is 8.45. The van der Waals surface area contributed by atoms with Crippen LogP contribution in [0.1, 0.15) is 52.0 Å². The predicted molar refractivity (Wildman–Crippen MR) is 113 cm³/mol. The molecular formula is C19H22BrN3O8. The number of halogens is 1. The summed E-state index contributed by atoms with van der Waals surface area (Å²) in [6.07, 6.45) is -3.69. The van der Waals surface area contributed by atoms with Crippen molar-refractivity contribution in [2.24, 2.45) is 0 Å². The molecule has 2 aromatic heterocycles. The third-order valence-electron chi connectivity index (χ3n) is 3.50. The SMILES string of the molecule is CC(C)(C)OC(=O)N(C(=O)OC(C)(C)C)c1nc2cc(C(=O)O)n(C(=O)O)c2cc1Br. The highest BCUT2D eigenvalue weighted by molar-refractivity contribution is 9.10. The maximum absolute atomic E-state index is 12.8. The maximum Gasteiger partial charge on any atom is 0.425 e. The molecule has 0 bridgehead atoms. The number of hydrogen-bond donors (Lipinski definition) is 2. The molecule has 2 N–H and O–H groups in total. The molecule has 0 radical (unpaired) electrons. The van der Waals surface area contributed by atoms with Gasteiger partial charge in [-0.1, -0.05) is 0 Å². The number of carboxylic acid groups (broad SMARTS) is 2. The minimum absolute atomic E-state index is 0.0363. The van der Waals surface area contributed by atoms with Crippen LogP contribution in [0.2, 0.25) is 0 Å². The van der Waals surface area contributed by atoms with Gasteiger partial charge in [0.05, 0.1) is 15.5 Å². The van der Waals surface area contributed by atoms with E-state index in [2.05, 4.69) is 20.9 Å². The van der Waals surface area contributed by atoms with Gasteiger partial charge in [0.1, 0.15) is 16.9 Å². The van der Waals surface area contributed by atoms with E-state index in [4.69, 9.17) is 9.47 Å². The van der Waals surface area contributed by atoms with E-state index in [1.54, 1.807) is 41.5 Å². The number of anilines is 1. The van der Waals surface area contributed by atoms with Gasteiger partial charge in [-0.25, -0.2) is 28.7 Å². The Hall–Kier alpha value is -3.15. The molecule has 2 amide bonds. The third kappa shape index (κ3) is 5.51. The second kappa shape index (κ2) is 8.17. The molecule has 31 heavy (non-hydrogen) atoms. The quantitative estimate of drug-likeness (QED) is 0.599. The fraction of sp³-hybridized carbons (Fsp3) is 0.421. The molecule has 0 atom stereocenters. The standard InChI is InChI=1S/C19H22BrN3O8/c1-18(2,3)30-16(28)23(17(29)31-19(4,5)6)13-9(20)7-11-10(21-13)8-12(14(24)25)22(11)15(26)27/h7-8H,1-6H3,(H,24,25)(H,26,27). The Morgan fingerprint density at radius 3 is 1.84 bits per heavy atom. The number of carbonyl (C=O) groups excluding carboxylic acids is 2. The summed E-state index contributed by atoms with van der Waals surface area (Å²) in [6, 6.07) is 2.25. The number of aromatic carboxylic acids is 1. The van der Waals surface area contributed by atoms with Crippen LogP contribution in [-0.2, 0) is 9.47 Å². The van der Waals surface area contributed by atoms with Gasteiger partial charge < -0.3 is 19.7 Å². The molecule has 0 fully saturated rings. The molecule has 0 saturated carbocycles. The second-order valence-corrected chi connectivity index (χ2v) is 9.30. The van der Waals surface area contributed by atoms with Crippen molar-refractivity contribution in [3.8, 4) is 0 Å². The first-order valence-corrected chi connectivity index (χ1v) is 9.76. The van der Waals surface area contributed by atoms with Gasteiger partial charge in [-0.3, -0.25) is 0 Å². The molecule has 11 nitrogen and oxygen atoms in total. The van der Waals surface area contributed by atoms with Crippen molar-refractivity contribution in [1.29, 1.82) is 0 Å². The lowest BCUT2D eigenvalue weighted by Crippen LogP contribution is -2.44. The molecule has 2 rings (SSSR count). The van der Waals surface area contributed by atoms with Crippen molar-refractivity contribution in [2.45, 2.75) is 52.7 Å². The van der Waals surface area contributed by atoms with E-state index in [-0.39, 0.29) is 21.3 Å². The monoisotopic (exact) mass is 499 g/mol. The van der Waals surface area contributed by atoms with E-state index in [9.17, 15) is 29.4 Å². The van der Waals surface area contributed by atoms with E-state index >= 15 is 0 Å². The average molecular weight is 500 g/mol. The molecule has 0 aromatic carbocycles. The van der Waals surface area contributed by atoms with E-state index in [1.807, 2.05) is 0 Å². The van der Waals surface area contributed by atoms with Crippen LogP contribution in [0.5, 0.6) is 0 Å². The first kappa shape index (κ1) is 24.1. The maximum atomic E-state index is 12.8. The summed E-state index contributed by atoms with van der Waals surface area (Å²) in [7, 11) is 0. The minimum atomic E-state index is -1.54. The van der Waals surface area contributed by atoms with E-state index < -0.39 is 41.1 Å². The van der Waals surface area contributed by atoms with Crippen LogP contribution in [0.3, 0.4) is 0 Å². The average Bonchev–Trinajstić information content (AvgIpc) is 2.90. The third-order valence-corrected chi connectivity index (χ3v) is 4.08. The molecule has 0 aliphatic heterocycles. The molecule has 0 unspecified atom stereocenters. The summed E-state index contributed by atoms with van der Waals surface area (Å²) >= 11 is 3.17. The summed E-state index contributed by atoms with van der Waals surface area (Å²) in [6.45, 7) is 9.64. The number of rotatable bonds is 2. The van der Waals surface area contributed by atoms with Crippen LogP contribution in [0, 0.1) is 0 Å². The first-order chi connectivity index (χ1) is 14.0.